The fourth-order valence-corrected chi connectivity index (χ4v) is 2.76. The van der Waals surface area contributed by atoms with Gasteiger partial charge in [-0.15, -0.1) is 0 Å². The van der Waals surface area contributed by atoms with Crippen molar-refractivity contribution in [3.8, 4) is 5.75 Å². The molecule has 0 aliphatic rings. The van der Waals surface area contributed by atoms with E-state index in [9.17, 15) is 4.79 Å². The van der Waals surface area contributed by atoms with Crippen molar-refractivity contribution in [3.63, 3.8) is 0 Å². The highest BCUT2D eigenvalue weighted by Gasteiger charge is 2.27. The Bertz CT molecular complexity index is 516. The highest BCUT2D eigenvalue weighted by atomic mass is 16.5. The predicted molar refractivity (Wildman–Crippen MR) is 92.3 cm³/mol. The minimum Gasteiger partial charge on any atom is -0.491 e. The quantitative estimate of drug-likeness (QED) is 0.781. The summed E-state index contributed by atoms with van der Waals surface area (Å²) in [5.41, 5.74) is 6.88. The topological polar surface area (TPSA) is 64.3 Å². The van der Waals surface area contributed by atoms with Gasteiger partial charge in [-0.1, -0.05) is 27.7 Å². The summed E-state index contributed by atoms with van der Waals surface area (Å²) in [6.45, 7) is 13.2. The number of hydrogen-bond acceptors (Lipinski definition) is 3. The first-order chi connectivity index (χ1) is 10.0. The van der Waals surface area contributed by atoms with Crippen LogP contribution >= 0.6 is 0 Å². The Balaban J connectivity index is 2.85. The van der Waals surface area contributed by atoms with Crippen LogP contribution in [-0.4, -0.2) is 18.1 Å². The molecular weight excluding hydrogens is 276 g/mol. The molecule has 1 rings (SSSR count). The zero-order valence-corrected chi connectivity index (χ0v) is 14.7. The van der Waals surface area contributed by atoms with Crippen molar-refractivity contribution in [1.82, 2.24) is 5.32 Å². The zero-order chi connectivity index (χ0) is 17.0. The van der Waals surface area contributed by atoms with Crippen LogP contribution in [0.1, 0.15) is 64.7 Å². The van der Waals surface area contributed by atoms with E-state index in [0.29, 0.717) is 23.6 Å². The third-order valence-electron chi connectivity index (χ3n) is 3.16. The Morgan fingerprint density at radius 3 is 2.41 bits per heavy atom. The normalized spacial score (nSPS) is 12.1. The molecular formula is C18H30N2O2. The molecule has 0 bridgehead atoms. The summed E-state index contributed by atoms with van der Waals surface area (Å²) >= 11 is 0. The van der Waals surface area contributed by atoms with Gasteiger partial charge in [-0.25, -0.2) is 0 Å². The minimum absolute atomic E-state index is 0.101. The second kappa shape index (κ2) is 7.03. The zero-order valence-electron chi connectivity index (χ0n) is 14.7. The summed E-state index contributed by atoms with van der Waals surface area (Å²) in [5, 5.41) is 3.10. The molecule has 3 N–H and O–H groups in total. The van der Waals surface area contributed by atoms with Gasteiger partial charge >= 0.3 is 0 Å². The number of nitrogens with two attached hydrogens (primary N) is 1. The number of anilines is 1. The predicted octanol–water partition coefficient (Wildman–Crippen LogP) is 4.00. The van der Waals surface area contributed by atoms with E-state index in [1.54, 1.807) is 18.2 Å². The fourth-order valence-electron chi connectivity index (χ4n) is 2.76. The lowest BCUT2D eigenvalue weighted by Crippen LogP contribution is -2.45. The van der Waals surface area contributed by atoms with Crippen LogP contribution in [0, 0.1) is 5.41 Å². The maximum absolute atomic E-state index is 12.5. The molecule has 0 aromatic heterocycles. The van der Waals surface area contributed by atoms with E-state index >= 15 is 0 Å². The van der Waals surface area contributed by atoms with Crippen molar-refractivity contribution >= 4 is 11.6 Å². The van der Waals surface area contributed by atoms with E-state index in [0.717, 1.165) is 12.8 Å². The van der Waals surface area contributed by atoms with Crippen LogP contribution in [0.2, 0.25) is 0 Å². The molecule has 1 aromatic rings. The Labute approximate surface area is 134 Å². The summed E-state index contributed by atoms with van der Waals surface area (Å²) in [4.78, 5) is 12.5. The smallest absolute Gasteiger partial charge is 0.251 e. The molecule has 0 heterocycles. The van der Waals surface area contributed by atoms with Crippen molar-refractivity contribution in [3.05, 3.63) is 23.8 Å². The third kappa shape index (κ3) is 5.96. The minimum atomic E-state index is -0.277. The first-order valence-electron chi connectivity index (χ1n) is 7.89. The molecule has 0 saturated carbocycles. The van der Waals surface area contributed by atoms with Crippen molar-refractivity contribution in [2.75, 3.05) is 12.3 Å². The Kier molecular flexibility index (Phi) is 5.86. The molecule has 124 valence electrons. The molecule has 4 heteroatoms. The lowest BCUT2D eigenvalue weighted by atomic mass is 9.81. The van der Waals surface area contributed by atoms with Crippen molar-refractivity contribution in [2.45, 2.75) is 59.9 Å². The van der Waals surface area contributed by atoms with Gasteiger partial charge in [-0.2, -0.15) is 0 Å². The average molecular weight is 306 g/mol. The summed E-state index contributed by atoms with van der Waals surface area (Å²) in [6, 6.07) is 5.17. The summed E-state index contributed by atoms with van der Waals surface area (Å²) in [7, 11) is 0. The van der Waals surface area contributed by atoms with Gasteiger partial charge in [-0.05, 0) is 50.3 Å². The van der Waals surface area contributed by atoms with Crippen LogP contribution in [0.5, 0.6) is 5.75 Å². The first kappa shape index (κ1) is 18.3. The van der Waals surface area contributed by atoms with E-state index in [1.165, 1.54) is 0 Å². The number of benzene rings is 1. The van der Waals surface area contributed by atoms with Crippen LogP contribution in [0.15, 0.2) is 18.2 Å². The number of hydrogen-bond donors (Lipinski definition) is 2. The van der Waals surface area contributed by atoms with Gasteiger partial charge in [0.25, 0.3) is 5.91 Å². The second-order valence-corrected chi connectivity index (χ2v) is 7.68. The molecule has 0 unspecified atom stereocenters. The molecule has 0 spiro atoms. The number of carbonyl (C=O) groups is 1. The van der Waals surface area contributed by atoms with E-state index in [1.807, 2.05) is 20.8 Å². The van der Waals surface area contributed by atoms with E-state index in [4.69, 9.17) is 10.5 Å². The maximum atomic E-state index is 12.5. The SMILES string of the molecule is CCCOc1cc(C(=O)NC(C)(C)CC(C)(C)C)ccc1N. The number of nitrogen functional groups attached to an aromatic ring is 1. The Hall–Kier alpha value is -1.71. The lowest BCUT2D eigenvalue weighted by Gasteiger charge is -2.33. The van der Waals surface area contributed by atoms with Gasteiger partial charge in [0, 0.05) is 11.1 Å². The molecule has 1 aromatic carbocycles. The lowest BCUT2D eigenvalue weighted by molar-refractivity contribution is 0.0891. The largest absolute Gasteiger partial charge is 0.491 e. The number of rotatable bonds is 6. The molecule has 4 nitrogen and oxygen atoms in total. The van der Waals surface area contributed by atoms with Gasteiger partial charge in [0.05, 0.1) is 12.3 Å². The second-order valence-electron chi connectivity index (χ2n) is 7.68. The van der Waals surface area contributed by atoms with Gasteiger partial charge in [0.1, 0.15) is 5.75 Å². The van der Waals surface area contributed by atoms with Gasteiger partial charge in [-0.3, -0.25) is 4.79 Å². The van der Waals surface area contributed by atoms with E-state index < -0.39 is 0 Å². The highest BCUT2D eigenvalue weighted by molar-refractivity contribution is 5.95. The molecule has 0 atom stereocenters. The van der Waals surface area contributed by atoms with Crippen molar-refractivity contribution < 1.29 is 9.53 Å². The third-order valence-corrected chi connectivity index (χ3v) is 3.16. The molecule has 22 heavy (non-hydrogen) atoms. The molecule has 0 aliphatic carbocycles. The van der Waals surface area contributed by atoms with Crippen molar-refractivity contribution in [2.24, 2.45) is 5.41 Å². The summed E-state index contributed by atoms with van der Waals surface area (Å²) in [6.07, 6.45) is 1.79. The van der Waals surface area contributed by atoms with Gasteiger partial charge in [0.2, 0.25) is 0 Å². The van der Waals surface area contributed by atoms with Crippen LogP contribution < -0.4 is 15.8 Å². The van der Waals surface area contributed by atoms with E-state index in [-0.39, 0.29) is 16.9 Å². The molecule has 0 aliphatic heterocycles. The van der Waals surface area contributed by atoms with Crippen LogP contribution in [-0.2, 0) is 0 Å². The van der Waals surface area contributed by atoms with E-state index in [2.05, 4.69) is 26.1 Å². The Morgan fingerprint density at radius 2 is 1.86 bits per heavy atom. The monoisotopic (exact) mass is 306 g/mol. The fraction of sp³-hybridized carbons (Fsp3) is 0.611. The first-order valence-corrected chi connectivity index (χ1v) is 7.89. The number of ether oxygens (including phenoxy) is 1. The van der Waals surface area contributed by atoms with Crippen molar-refractivity contribution in [1.29, 1.82) is 0 Å². The molecule has 1 amide bonds. The molecule has 0 saturated heterocycles. The number of nitrogens with one attached hydrogen (secondary N) is 1. The van der Waals surface area contributed by atoms with Crippen LogP contribution in [0.3, 0.4) is 0 Å². The average Bonchev–Trinajstić information content (AvgIpc) is 2.34. The number of carbonyl (C=O) groups excluding carboxylic acids is 1. The summed E-state index contributed by atoms with van der Waals surface area (Å²) in [5.74, 6) is 0.471. The summed E-state index contributed by atoms with van der Waals surface area (Å²) < 4.78 is 5.58. The number of amides is 1. The standard InChI is InChI=1S/C18H30N2O2/c1-7-10-22-15-11-13(8-9-14(15)19)16(21)20-18(5,6)12-17(2,3)4/h8-9,11H,7,10,12,19H2,1-6H3,(H,20,21). The van der Waals surface area contributed by atoms with Gasteiger partial charge < -0.3 is 15.8 Å². The molecule has 0 fully saturated rings. The van der Waals surface area contributed by atoms with Gasteiger partial charge in [0.15, 0.2) is 0 Å². The maximum Gasteiger partial charge on any atom is 0.251 e. The van der Waals surface area contributed by atoms with Crippen LogP contribution in [0.4, 0.5) is 5.69 Å². The molecule has 0 radical (unpaired) electrons. The van der Waals surface area contributed by atoms with Crippen LogP contribution in [0.25, 0.3) is 0 Å². The highest BCUT2D eigenvalue weighted by Crippen LogP contribution is 2.28. The Morgan fingerprint density at radius 1 is 1.23 bits per heavy atom.